The lowest BCUT2D eigenvalue weighted by molar-refractivity contribution is 0.407. The zero-order valence-corrected chi connectivity index (χ0v) is 16.0. The summed E-state index contributed by atoms with van der Waals surface area (Å²) < 4.78 is 0. The van der Waals surface area contributed by atoms with Gasteiger partial charge < -0.3 is 10.2 Å². The predicted octanol–water partition coefficient (Wildman–Crippen LogP) is 2.31. The van der Waals surface area contributed by atoms with Gasteiger partial charge in [0.15, 0.2) is 5.96 Å². The third-order valence-electron chi connectivity index (χ3n) is 3.37. The highest BCUT2D eigenvalue weighted by atomic mass is 127. The molecule has 1 aliphatic rings. The second kappa shape index (κ2) is 9.45. The van der Waals surface area contributed by atoms with Crippen molar-refractivity contribution in [3.05, 3.63) is 23.8 Å². The average Bonchev–Trinajstić information content (AvgIpc) is 2.48. The highest BCUT2D eigenvalue weighted by Crippen LogP contribution is 2.20. The number of aromatic nitrogens is 2. The van der Waals surface area contributed by atoms with Gasteiger partial charge >= 0.3 is 0 Å². The third kappa shape index (κ3) is 5.61. The summed E-state index contributed by atoms with van der Waals surface area (Å²) in [6.07, 6.45) is 3.01. The van der Waals surface area contributed by atoms with E-state index in [0.717, 1.165) is 30.6 Å². The zero-order chi connectivity index (χ0) is 14.4. The Bertz CT molecular complexity index is 468. The molecule has 21 heavy (non-hydrogen) atoms. The van der Waals surface area contributed by atoms with Crippen molar-refractivity contribution in [3.8, 4) is 0 Å². The molecular weight excluding hydrogens is 397 g/mol. The van der Waals surface area contributed by atoms with Crippen LogP contribution in [0.3, 0.4) is 0 Å². The molecule has 7 heteroatoms. The Hall–Kier alpha value is -0.570. The number of rotatable bonds is 3. The summed E-state index contributed by atoms with van der Waals surface area (Å²) in [5.41, 5.74) is 0.997. The molecule has 1 aromatic rings. The largest absolute Gasteiger partial charge is 0.351 e. The Morgan fingerprint density at radius 2 is 2.38 bits per heavy atom. The summed E-state index contributed by atoms with van der Waals surface area (Å²) in [5, 5.41) is 4.12. The topological polar surface area (TPSA) is 53.4 Å². The van der Waals surface area contributed by atoms with Gasteiger partial charge in [-0.3, -0.25) is 4.99 Å². The SMILES string of the molecule is CCC1CN(C(=NC)NCc2ccnc(C)n2)CCS1.I. The van der Waals surface area contributed by atoms with E-state index in [0.29, 0.717) is 11.8 Å². The first kappa shape index (κ1) is 18.5. The molecule has 1 fully saturated rings. The van der Waals surface area contributed by atoms with Crippen LogP contribution < -0.4 is 5.32 Å². The molecular formula is C14H24IN5S. The molecule has 0 amide bonds. The number of halogens is 1. The standard InChI is InChI=1S/C14H23N5S.HI/c1-4-13-10-19(7-8-20-13)14(15-3)17-9-12-5-6-16-11(2)18-12;/h5-6,13H,4,7-10H2,1-3H3,(H,15,17);1H. The van der Waals surface area contributed by atoms with Gasteiger partial charge in [-0.2, -0.15) is 11.8 Å². The van der Waals surface area contributed by atoms with Crippen molar-refractivity contribution in [2.24, 2.45) is 4.99 Å². The van der Waals surface area contributed by atoms with Gasteiger partial charge in [-0.15, -0.1) is 24.0 Å². The normalized spacial score (nSPS) is 19.1. The maximum Gasteiger partial charge on any atom is 0.194 e. The minimum Gasteiger partial charge on any atom is -0.351 e. The number of nitrogens with one attached hydrogen (secondary N) is 1. The molecule has 2 rings (SSSR count). The smallest absolute Gasteiger partial charge is 0.194 e. The van der Waals surface area contributed by atoms with Crippen molar-refractivity contribution >= 4 is 41.7 Å². The van der Waals surface area contributed by atoms with Gasteiger partial charge in [0.05, 0.1) is 12.2 Å². The molecule has 1 atom stereocenters. The van der Waals surface area contributed by atoms with Gasteiger partial charge in [0, 0.05) is 37.3 Å². The number of aryl methyl sites for hydroxylation is 1. The van der Waals surface area contributed by atoms with Crippen LogP contribution >= 0.6 is 35.7 Å². The summed E-state index contributed by atoms with van der Waals surface area (Å²) in [7, 11) is 1.84. The first-order valence-corrected chi connectivity index (χ1v) is 8.13. The molecule has 0 radical (unpaired) electrons. The number of hydrogen-bond donors (Lipinski definition) is 1. The van der Waals surface area contributed by atoms with E-state index in [1.807, 2.05) is 20.0 Å². The van der Waals surface area contributed by atoms with Crippen molar-refractivity contribution in [3.63, 3.8) is 0 Å². The van der Waals surface area contributed by atoms with E-state index in [1.54, 1.807) is 6.20 Å². The Labute approximate surface area is 148 Å². The highest BCUT2D eigenvalue weighted by Gasteiger charge is 2.21. The van der Waals surface area contributed by atoms with Crippen LogP contribution in [0, 0.1) is 6.92 Å². The van der Waals surface area contributed by atoms with Gasteiger partial charge in [0.1, 0.15) is 5.82 Å². The fourth-order valence-corrected chi connectivity index (χ4v) is 3.44. The van der Waals surface area contributed by atoms with Crippen LogP contribution in [0.1, 0.15) is 24.9 Å². The zero-order valence-electron chi connectivity index (χ0n) is 12.9. The van der Waals surface area contributed by atoms with Gasteiger partial charge in [-0.1, -0.05) is 6.92 Å². The van der Waals surface area contributed by atoms with Crippen molar-refractivity contribution in [1.82, 2.24) is 20.2 Å². The maximum absolute atomic E-state index is 4.40. The Balaban J connectivity index is 0.00000220. The van der Waals surface area contributed by atoms with E-state index < -0.39 is 0 Å². The molecule has 0 saturated carbocycles. The first-order chi connectivity index (χ1) is 9.72. The fourth-order valence-electron chi connectivity index (χ4n) is 2.26. The van der Waals surface area contributed by atoms with Crippen molar-refractivity contribution in [2.75, 3.05) is 25.9 Å². The van der Waals surface area contributed by atoms with Crippen molar-refractivity contribution < 1.29 is 0 Å². The van der Waals surface area contributed by atoms with Crippen LogP contribution in [0.5, 0.6) is 0 Å². The van der Waals surface area contributed by atoms with Crippen LogP contribution in [-0.4, -0.2) is 52.0 Å². The Kier molecular flexibility index (Phi) is 8.31. The highest BCUT2D eigenvalue weighted by molar-refractivity contribution is 14.0. The maximum atomic E-state index is 4.40. The summed E-state index contributed by atoms with van der Waals surface area (Å²) in [5.74, 6) is 2.95. The summed E-state index contributed by atoms with van der Waals surface area (Å²) in [4.78, 5) is 15.3. The lowest BCUT2D eigenvalue weighted by Crippen LogP contribution is -2.47. The van der Waals surface area contributed by atoms with E-state index in [-0.39, 0.29) is 24.0 Å². The van der Waals surface area contributed by atoms with Crippen LogP contribution in [0.4, 0.5) is 0 Å². The minimum atomic E-state index is 0. The van der Waals surface area contributed by atoms with E-state index in [1.165, 1.54) is 12.2 Å². The van der Waals surface area contributed by atoms with Gasteiger partial charge in [0.2, 0.25) is 0 Å². The summed E-state index contributed by atoms with van der Waals surface area (Å²) >= 11 is 2.07. The first-order valence-electron chi connectivity index (χ1n) is 7.08. The van der Waals surface area contributed by atoms with Gasteiger partial charge in [-0.25, -0.2) is 9.97 Å². The van der Waals surface area contributed by atoms with Crippen LogP contribution in [0.2, 0.25) is 0 Å². The monoisotopic (exact) mass is 421 g/mol. The predicted molar refractivity (Wildman–Crippen MR) is 100 cm³/mol. The fraction of sp³-hybridized carbons (Fsp3) is 0.643. The summed E-state index contributed by atoms with van der Waals surface area (Å²) in [6.45, 7) is 6.98. The average molecular weight is 421 g/mol. The molecule has 0 spiro atoms. The molecule has 1 N–H and O–H groups in total. The molecule has 118 valence electrons. The van der Waals surface area contributed by atoms with E-state index >= 15 is 0 Å². The van der Waals surface area contributed by atoms with Gasteiger partial charge in [-0.05, 0) is 19.4 Å². The van der Waals surface area contributed by atoms with Gasteiger partial charge in [0.25, 0.3) is 0 Å². The molecule has 1 aromatic heterocycles. The molecule has 0 aliphatic carbocycles. The van der Waals surface area contributed by atoms with Crippen molar-refractivity contribution in [1.29, 1.82) is 0 Å². The second-order valence-electron chi connectivity index (χ2n) is 4.84. The number of nitrogens with zero attached hydrogens (tertiary/aromatic N) is 4. The third-order valence-corrected chi connectivity index (χ3v) is 4.74. The molecule has 2 heterocycles. The van der Waals surface area contributed by atoms with Crippen molar-refractivity contribution in [2.45, 2.75) is 32.1 Å². The quantitative estimate of drug-likeness (QED) is 0.461. The lowest BCUT2D eigenvalue weighted by atomic mass is 10.3. The number of guanidine groups is 1. The Morgan fingerprint density at radius 1 is 1.57 bits per heavy atom. The molecule has 1 unspecified atom stereocenters. The molecule has 1 saturated heterocycles. The molecule has 0 bridgehead atoms. The van der Waals surface area contributed by atoms with E-state index in [4.69, 9.17) is 0 Å². The van der Waals surface area contributed by atoms with Crippen LogP contribution in [0.15, 0.2) is 17.3 Å². The van der Waals surface area contributed by atoms with Crippen LogP contribution in [0.25, 0.3) is 0 Å². The lowest BCUT2D eigenvalue weighted by Gasteiger charge is -2.34. The van der Waals surface area contributed by atoms with Crippen LogP contribution in [-0.2, 0) is 6.54 Å². The Morgan fingerprint density at radius 3 is 3.05 bits per heavy atom. The molecule has 0 aromatic carbocycles. The van der Waals surface area contributed by atoms with E-state index in [9.17, 15) is 0 Å². The number of thioether (sulfide) groups is 1. The minimum absolute atomic E-state index is 0. The number of aliphatic imine (C=N–C) groups is 1. The second-order valence-corrected chi connectivity index (χ2v) is 6.25. The molecule has 5 nitrogen and oxygen atoms in total. The van der Waals surface area contributed by atoms with E-state index in [2.05, 4.69) is 43.9 Å². The summed E-state index contributed by atoms with van der Waals surface area (Å²) in [6, 6.07) is 1.94. The molecule has 1 aliphatic heterocycles. The number of hydrogen-bond acceptors (Lipinski definition) is 4.